The van der Waals surface area contributed by atoms with Gasteiger partial charge in [0.2, 0.25) is 0 Å². The second-order valence-corrected chi connectivity index (χ2v) is 3.95. The van der Waals surface area contributed by atoms with Crippen LogP contribution < -0.4 is 0 Å². The fraction of sp³-hybridized carbons (Fsp3) is 0.250. The molecule has 3 rings (SSSR count). The number of aromatic nitrogens is 2. The number of imidazole rings is 1. The van der Waals surface area contributed by atoms with Gasteiger partial charge in [-0.05, 0) is 5.56 Å². The van der Waals surface area contributed by atoms with Crippen LogP contribution in [-0.4, -0.2) is 14.7 Å². The Kier molecular flexibility index (Phi) is 1.70. The fourth-order valence-electron chi connectivity index (χ4n) is 2.26. The van der Waals surface area contributed by atoms with Gasteiger partial charge >= 0.3 is 0 Å². The van der Waals surface area contributed by atoms with Gasteiger partial charge in [0.15, 0.2) is 0 Å². The molecule has 15 heavy (non-hydrogen) atoms. The number of aliphatic hydroxyl groups is 1. The van der Waals surface area contributed by atoms with E-state index in [0.29, 0.717) is 0 Å². The molecule has 1 atom stereocenters. The summed E-state index contributed by atoms with van der Waals surface area (Å²) in [7, 11) is 0. The highest BCUT2D eigenvalue weighted by Gasteiger charge is 2.38. The first-order chi connectivity index (χ1) is 7.31. The predicted molar refractivity (Wildman–Crippen MR) is 56.3 cm³/mol. The number of aryl methyl sites for hydroxylation is 1. The fourth-order valence-corrected chi connectivity index (χ4v) is 2.26. The van der Waals surface area contributed by atoms with Crippen LogP contribution in [0.3, 0.4) is 0 Å². The molecule has 3 nitrogen and oxygen atoms in total. The standard InChI is InChI=1S/C12H12N2O/c15-12(10-4-2-1-3-5-10)6-7-14-9-13-8-11(12)14/h1-5,8-9,15H,6-7H2. The van der Waals surface area contributed by atoms with Gasteiger partial charge in [-0.3, -0.25) is 0 Å². The first-order valence-electron chi connectivity index (χ1n) is 5.09. The third kappa shape index (κ3) is 1.13. The predicted octanol–water partition coefficient (Wildman–Crippen LogP) is 1.52. The second-order valence-electron chi connectivity index (χ2n) is 3.95. The zero-order chi connectivity index (χ0) is 10.3. The Morgan fingerprint density at radius 2 is 2.07 bits per heavy atom. The summed E-state index contributed by atoms with van der Waals surface area (Å²) in [5.41, 5.74) is 0.996. The average Bonchev–Trinajstić information content (AvgIpc) is 2.85. The molecule has 3 heteroatoms. The van der Waals surface area contributed by atoms with Crippen molar-refractivity contribution < 1.29 is 5.11 Å². The van der Waals surface area contributed by atoms with E-state index < -0.39 is 5.60 Å². The van der Waals surface area contributed by atoms with Crippen LogP contribution in [0.5, 0.6) is 0 Å². The van der Waals surface area contributed by atoms with E-state index in [9.17, 15) is 5.11 Å². The van der Waals surface area contributed by atoms with E-state index in [1.807, 2.05) is 34.9 Å². The van der Waals surface area contributed by atoms with E-state index in [4.69, 9.17) is 0 Å². The van der Waals surface area contributed by atoms with Crippen LogP contribution in [0.15, 0.2) is 42.9 Å². The zero-order valence-corrected chi connectivity index (χ0v) is 8.30. The van der Waals surface area contributed by atoms with Gasteiger partial charge in [0.05, 0.1) is 18.2 Å². The molecule has 0 radical (unpaired) electrons. The minimum Gasteiger partial charge on any atom is -0.379 e. The third-order valence-corrected chi connectivity index (χ3v) is 3.10. The van der Waals surface area contributed by atoms with Crippen molar-refractivity contribution in [3.63, 3.8) is 0 Å². The van der Waals surface area contributed by atoms with Gasteiger partial charge < -0.3 is 9.67 Å². The molecule has 2 aromatic rings. The van der Waals surface area contributed by atoms with Gasteiger partial charge in [-0.15, -0.1) is 0 Å². The van der Waals surface area contributed by atoms with Crippen LogP contribution in [0.25, 0.3) is 0 Å². The van der Waals surface area contributed by atoms with Crippen molar-refractivity contribution in [1.29, 1.82) is 0 Å². The van der Waals surface area contributed by atoms with Crippen LogP contribution >= 0.6 is 0 Å². The maximum atomic E-state index is 10.6. The molecule has 2 heterocycles. The summed E-state index contributed by atoms with van der Waals surface area (Å²) in [5, 5.41) is 10.6. The lowest BCUT2D eigenvalue weighted by molar-refractivity contribution is 0.0825. The maximum absolute atomic E-state index is 10.6. The normalized spacial score (nSPS) is 24.1. The number of hydrogen-bond acceptors (Lipinski definition) is 2. The lowest BCUT2D eigenvalue weighted by atomic mass is 9.90. The van der Waals surface area contributed by atoms with Crippen LogP contribution in [0, 0.1) is 0 Å². The van der Waals surface area contributed by atoms with E-state index in [-0.39, 0.29) is 0 Å². The molecule has 0 fully saturated rings. The lowest BCUT2D eigenvalue weighted by Gasteiger charge is -2.22. The summed E-state index contributed by atoms with van der Waals surface area (Å²) < 4.78 is 2.01. The molecule has 1 aliphatic rings. The Morgan fingerprint density at radius 3 is 2.87 bits per heavy atom. The van der Waals surface area contributed by atoms with Gasteiger partial charge in [0.25, 0.3) is 0 Å². The molecular weight excluding hydrogens is 188 g/mol. The third-order valence-electron chi connectivity index (χ3n) is 3.10. The van der Waals surface area contributed by atoms with Crippen molar-refractivity contribution in [1.82, 2.24) is 9.55 Å². The molecule has 1 aromatic heterocycles. The summed E-state index contributed by atoms with van der Waals surface area (Å²) in [6, 6.07) is 9.78. The second kappa shape index (κ2) is 2.94. The smallest absolute Gasteiger partial charge is 0.133 e. The monoisotopic (exact) mass is 200 g/mol. The average molecular weight is 200 g/mol. The lowest BCUT2D eigenvalue weighted by Crippen LogP contribution is -2.23. The van der Waals surface area contributed by atoms with Gasteiger partial charge in [-0.25, -0.2) is 4.98 Å². The first kappa shape index (κ1) is 8.68. The first-order valence-corrected chi connectivity index (χ1v) is 5.09. The van der Waals surface area contributed by atoms with Crippen molar-refractivity contribution in [3.05, 3.63) is 54.1 Å². The molecule has 1 unspecified atom stereocenters. The van der Waals surface area contributed by atoms with Crippen LogP contribution in [0.2, 0.25) is 0 Å². The van der Waals surface area contributed by atoms with E-state index in [0.717, 1.165) is 24.2 Å². The van der Waals surface area contributed by atoms with Crippen molar-refractivity contribution in [3.8, 4) is 0 Å². The zero-order valence-electron chi connectivity index (χ0n) is 8.30. The molecule has 0 bridgehead atoms. The largest absolute Gasteiger partial charge is 0.379 e. The Balaban J connectivity index is 2.14. The van der Waals surface area contributed by atoms with E-state index in [1.54, 1.807) is 12.5 Å². The number of fused-ring (bicyclic) bond motifs is 1. The molecule has 0 amide bonds. The number of hydrogen-bond donors (Lipinski definition) is 1. The Labute approximate surface area is 88.0 Å². The Bertz CT molecular complexity index is 477. The highest BCUT2D eigenvalue weighted by atomic mass is 16.3. The number of benzene rings is 1. The minimum atomic E-state index is -0.849. The SMILES string of the molecule is OC1(c2ccccc2)CCn2cncc21. The number of nitrogens with zero attached hydrogens (tertiary/aromatic N) is 2. The van der Waals surface area contributed by atoms with Gasteiger partial charge in [0.1, 0.15) is 5.60 Å². The summed E-state index contributed by atoms with van der Waals surface area (Å²) in [4.78, 5) is 4.07. The van der Waals surface area contributed by atoms with Crippen LogP contribution in [-0.2, 0) is 12.1 Å². The van der Waals surface area contributed by atoms with E-state index in [2.05, 4.69) is 4.98 Å². The molecule has 0 saturated heterocycles. The van der Waals surface area contributed by atoms with Crippen molar-refractivity contribution in [2.75, 3.05) is 0 Å². The molecule has 0 spiro atoms. The van der Waals surface area contributed by atoms with Gasteiger partial charge in [-0.2, -0.15) is 0 Å². The van der Waals surface area contributed by atoms with Crippen molar-refractivity contribution >= 4 is 0 Å². The summed E-state index contributed by atoms with van der Waals surface area (Å²) in [6.07, 6.45) is 4.26. The molecule has 1 N–H and O–H groups in total. The van der Waals surface area contributed by atoms with E-state index >= 15 is 0 Å². The summed E-state index contributed by atoms with van der Waals surface area (Å²) >= 11 is 0. The Hall–Kier alpha value is -1.61. The van der Waals surface area contributed by atoms with Gasteiger partial charge in [-0.1, -0.05) is 30.3 Å². The molecule has 0 aliphatic carbocycles. The van der Waals surface area contributed by atoms with Crippen molar-refractivity contribution in [2.45, 2.75) is 18.6 Å². The summed E-state index contributed by atoms with van der Waals surface area (Å²) in [5.74, 6) is 0. The van der Waals surface area contributed by atoms with Crippen LogP contribution in [0.4, 0.5) is 0 Å². The molecule has 1 aromatic carbocycles. The summed E-state index contributed by atoms with van der Waals surface area (Å²) in [6.45, 7) is 0.834. The van der Waals surface area contributed by atoms with E-state index in [1.165, 1.54) is 0 Å². The molecule has 76 valence electrons. The maximum Gasteiger partial charge on any atom is 0.133 e. The molecular formula is C12H12N2O. The minimum absolute atomic E-state index is 0.731. The number of rotatable bonds is 1. The highest BCUT2D eigenvalue weighted by molar-refractivity contribution is 5.33. The molecule has 0 saturated carbocycles. The molecule has 1 aliphatic heterocycles. The quantitative estimate of drug-likeness (QED) is 0.758. The van der Waals surface area contributed by atoms with Gasteiger partial charge in [0, 0.05) is 13.0 Å². The van der Waals surface area contributed by atoms with Crippen molar-refractivity contribution in [2.24, 2.45) is 0 Å². The Morgan fingerprint density at radius 1 is 1.27 bits per heavy atom. The van der Waals surface area contributed by atoms with Crippen LogP contribution in [0.1, 0.15) is 17.7 Å². The highest BCUT2D eigenvalue weighted by Crippen LogP contribution is 2.37. The topological polar surface area (TPSA) is 38.0 Å².